The summed E-state index contributed by atoms with van der Waals surface area (Å²) in [6.45, 7) is 5.15. The van der Waals surface area contributed by atoms with Crippen molar-refractivity contribution in [1.29, 1.82) is 0 Å². The molecule has 0 aromatic heterocycles. The summed E-state index contributed by atoms with van der Waals surface area (Å²) in [6, 6.07) is 10.2. The average molecular weight is 206 g/mol. The van der Waals surface area contributed by atoms with E-state index in [1.807, 2.05) is 32.0 Å². The summed E-state index contributed by atoms with van der Waals surface area (Å²) in [5, 5.41) is 11.2. The maximum absolute atomic E-state index is 9.06. The Bertz CT molecular complexity index is 304. The molecule has 0 saturated heterocycles. The molecule has 15 heavy (non-hydrogen) atoms. The summed E-state index contributed by atoms with van der Waals surface area (Å²) < 4.78 is 0. The van der Waals surface area contributed by atoms with Crippen LogP contribution in [0.15, 0.2) is 36.4 Å². The van der Waals surface area contributed by atoms with Crippen molar-refractivity contribution in [2.45, 2.75) is 19.4 Å². The highest BCUT2D eigenvalue weighted by Crippen LogP contribution is 1.99. The Morgan fingerprint density at radius 2 is 1.93 bits per heavy atom. The number of quaternary nitrogens is 1. The highest BCUT2D eigenvalue weighted by molar-refractivity contribution is 5.48. The molecule has 1 aromatic rings. The molecular weight excluding hydrogens is 186 g/mol. The van der Waals surface area contributed by atoms with Gasteiger partial charge in [0.15, 0.2) is 0 Å². The van der Waals surface area contributed by atoms with Crippen molar-refractivity contribution in [3.8, 4) is 0 Å². The third-order valence-electron chi connectivity index (χ3n) is 2.32. The van der Waals surface area contributed by atoms with Crippen molar-refractivity contribution in [3.05, 3.63) is 42.0 Å². The first-order valence-corrected chi connectivity index (χ1v) is 5.31. The fourth-order valence-electron chi connectivity index (χ4n) is 1.22. The number of aliphatic hydroxyl groups is 1. The van der Waals surface area contributed by atoms with Crippen molar-refractivity contribution >= 4 is 6.08 Å². The molecule has 0 atom stereocenters. The molecule has 0 aliphatic carbocycles. The summed E-state index contributed by atoms with van der Waals surface area (Å²) in [6.07, 6.45) is 4.22. The first-order chi connectivity index (χ1) is 7.14. The summed E-state index contributed by atoms with van der Waals surface area (Å²) in [5.74, 6) is 0. The van der Waals surface area contributed by atoms with Gasteiger partial charge in [-0.1, -0.05) is 36.4 Å². The lowest BCUT2D eigenvalue weighted by atomic mass is 10.1. The Labute approximate surface area is 91.6 Å². The van der Waals surface area contributed by atoms with Crippen LogP contribution in [-0.4, -0.2) is 23.8 Å². The van der Waals surface area contributed by atoms with Gasteiger partial charge in [-0.3, -0.25) is 0 Å². The molecule has 3 N–H and O–H groups in total. The molecule has 1 rings (SSSR count). The zero-order valence-corrected chi connectivity index (χ0v) is 9.48. The minimum atomic E-state index is -0.0823. The van der Waals surface area contributed by atoms with E-state index in [4.69, 9.17) is 5.11 Å². The predicted molar refractivity (Wildman–Crippen MR) is 63.4 cm³/mol. The summed E-state index contributed by atoms with van der Waals surface area (Å²) in [5.41, 5.74) is 1.13. The van der Waals surface area contributed by atoms with E-state index in [0.29, 0.717) is 0 Å². The highest BCUT2D eigenvalue weighted by atomic mass is 16.3. The van der Waals surface area contributed by atoms with Crippen molar-refractivity contribution in [1.82, 2.24) is 0 Å². The van der Waals surface area contributed by atoms with Crippen molar-refractivity contribution in [2.24, 2.45) is 0 Å². The van der Waals surface area contributed by atoms with E-state index in [2.05, 4.69) is 29.6 Å². The quantitative estimate of drug-likeness (QED) is 0.742. The standard InChI is InChI=1S/C13H19NO/c1-13(2,11-15)14-10-6-9-12-7-4-3-5-8-12/h3-9,14-15H,10-11H2,1-2H3/p+1/b9-6+. The Balaban J connectivity index is 2.35. The summed E-state index contributed by atoms with van der Waals surface area (Å²) in [4.78, 5) is 0. The summed E-state index contributed by atoms with van der Waals surface area (Å²) >= 11 is 0. The second-order valence-electron chi connectivity index (χ2n) is 4.40. The van der Waals surface area contributed by atoms with E-state index in [0.717, 1.165) is 6.54 Å². The van der Waals surface area contributed by atoms with Gasteiger partial charge in [0.05, 0.1) is 13.2 Å². The second kappa shape index (κ2) is 5.69. The molecule has 0 aliphatic rings. The van der Waals surface area contributed by atoms with Gasteiger partial charge in [-0.25, -0.2) is 0 Å². The van der Waals surface area contributed by atoms with Crippen LogP contribution in [0.3, 0.4) is 0 Å². The first-order valence-electron chi connectivity index (χ1n) is 5.31. The summed E-state index contributed by atoms with van der Waals surface area (Å²) in [7, 11) is 0. The molecule has 0 fully saturated rings. The monoisotopic (exact) mass is 206 g/mol. The number of nitrogens with two attached hydrogens (primary N) is 1. The molecule has 2 nitrogen and oxygen atoms in total. The van der Waals surface area contributed by atoms with Crippen LogP contribution in [-0.2, 0) is 0 Å². The normalized spacial score (nSPS) is 12.2. The van der Waals surface area contributed by atoms with E-state index in [9.17, 15) is 0 Å². The minimum Gasteiger partial charge on any atom is -0.390 e. The zero-order chi connectivity index (χ0) is 11.1. The van der Waals surface area contributed by atoms with Gasteiger partial charge in [-0.15, -0.1) is 0 Å². The van der Waals surface area contributed by atoms with Crippen molar-refractivity contribution in [3.63, 3.8) is 0 Å². The SMILES string of the molecule is CC(C)(CO)[NH2+]C/C=C/c1ccccc1. The lowest BCUT2D eigenvalue weighted by Gasteiger charge is -2.18. The van der Waals surface area contributed by atoms with Crippen LogP contribution in [0.5, 0.6) is 0 Å². The van der Waals surface area contributed by atoms with Gasteiger partial charge in [-0.05, 0) is 25.5 Å². The maximum atomic E-state index is 9.06. The molecule has 1 aromatic carbocycles. The molecule has 2 heteroatoms. The van der Waals surface area contributed by atoms with Gasteiger partial charge in [0.1, 0.15) is 5.54 Å². The van der Waals surface area contributed by atoms with Gasteiger partial charge in [0.2, 0.25) is 0 Å². The lowest BCUT2D eigenvalue weighted by Crippen LogP contribution is -2.96. The molecule has 0 heterocycles. The van der Waals surface area contributed by atoms with Crippen LogP contribution in [0.1, 0.15) is 19.4 Å². The molecule has 0 amide bonds. The fraction of sp³-hybridized carbons (Fsp3) is 0.385. The molecule has 0 unspecified atom stereocenters. The number of rotatable bonds is 5. The van der Waals surface area contributed by atoms with Gasteiger partial charge in [-0.2, -0.15) is 0 Å². The molecular formula is C13H20NO+. The molecule has 0 aliphatic heterocycles. The number of hydrogen-bond acceptors (Lipinski definition) is 1. The Hall–Kier alpha value is -1.12. The largest absolute Gasteiger partial charge is 0.390 e. The van der Waals surface area contributed by atoms with Crippen LogP contribution in [0, 0.1) is 0 Å². The van der Waals surface area contributed by atoms with Gasteiger partial charge in [0, 0.05) is 0 Å². The molecule has 0 spiro atoms. The van der Waals surface area contributed by atoms with Crippen LogP contribution in [0.25, 0.3) is 6.08 Å². The smallest absolute Gasteiger partial charge is 0.114 e. The second-order valence-corrected chi connectivity index (χ2v) is 4.40. The van der Waals surface area contributed by atoms with E-state index >= 15 is 0 Å². The Morgan fingerprint density at radius 3 is 2.53 bits per heavy atom. The average Bonchev–Trinajstić information content (AvgIpc) is 2.26. The van der Waals surface area contributed by atoms with Crippen LogP contribution < -0.4 is 5.32 Å². The van der Waals surface area contributed by atoms with E-state index in [1.165, 1.54) is 5.56 Å². The predicted octanol–water partition coefficient (Wildman–Crippen LogP) is 1.03. The Morgan fingerprint density at radius 1 is 1.27 bits per heavy atom. The van der Waals surface area contributed by atoms with Crippen molar-refractivity contribution in [2.75, 3.05) is 13.2 Å². The third-order valence-corrected chi connectivity index (χ3v) is 2.32. The molecule has 0 bridgehead atoms. The minimum absolute atomic E-state index is 0.0823. The fourth-order valence-corrected chi connectivity index (χ4v) is 1.22. The van der Waals surface area contributed by atoms with Crippen LogP contribution in [0.2, 0.25) is 0 Å². The number of benzene rings is 1. The van der Waals surface area contributed by atoms with Crippen LogP contribution in [0.4, 0.5) is 0 Å². The van der Waals surface area contributed by atoms with E-state index < -0.39 is 0 Å². The van der Waals surface area contributed by atoms with Gasteiger partial charge >= 0.3 is 0 Å². The van der Waals surface area contributed by atoms with Crippen LogP contribution >= 0.6 is 0 Å². The number of hydrogen-bond donors (Lipinski definition) is 2. The highest BCUT2D eigenvalue weighted by Gasteiger charge is 2.17. The van der Waals surface area contributed by atoms with Crippen molar-refractivity contribution < 1.29 is 10.4 Å². The zero-order valence-electron chi connectivity index (χ0n) is 9.48. The van der Waals surface area contributed by atoms with Gasteiger partial charge in [0.25, 0.3) is 0 Å². The first kappa shape index (κ1) is 12.0. The topological polar surface area (TPSA) is 36.8 Å². The van der Waals surface area contributed by atoms with E-state index in [1.54, 1.807) is 0 Å². The lowest BCUT2D eigenvalue weighted by molar-refractivity contribution is -0.714. The Kier molecular flexibility index (Phi) is 4.53. The van der Waals surface area contributed by atoms with E-state index in [-0.39, 0.29) is 12.1 Å². The number of aliphatic hydroxyl groups excluding tert-OH is 1. The molecule has 0 saturated carbocycles. The molecule has 0 radical (unpaired) electrons. The molecule has 82 valence electrons. The maximum Gasteiger partial charge on any atom is 0.114 e. The third kappa shape index (κ3) is 4.77. The van der Waals surface area contributed by atoms with Gasteiger partial charge < -0.3 is 10.4 Å².